The Morgan fingerprint density at radius 1 is 0.917 bits per heavy atom. The summed E-state index contributed by atoms with van der Waals surface area (Å²) >= 11 is 0. The number of benzene rings is 1. The zero-order chi connectivity index (χ0) is 17.9. The highest BCUT2D eigenvalue weighted by Crippen LogP contribution is 2.38. The highest BCUT2D eigenvalue weighted by molar-refractivity contribution is 5.96. The predicted molar refractivity (Wildman–Crippen MR) is 90.5 cm³/mol. The molecule has 0 aromatic heterocycles. The molecule has 2 amide bonds. The maximum atomic E-state index is 12.2. The Morgan fingerprint density at radius 3 is 2.04 bits per heavy atom. The number of rotatable bonds is 9. The van der Waals surface area contributed by atoms with Crippen LogP contribution < -0.4 is 25.1 Å². The highest BCUT2D eigenvalue weighted by atomic mass is 16.5. The summed E-state index contributed by atoms with van der Waals surface area (Å²) in [7, 11) is 4.42. The third-order valence-electron chi connectivity index (χ3n) is 3.50. The topological polar surface area (TPSA) is 85.9 Å². The van der Waals surface area contributed by atoms with Crippen LogP contribution in [0, 0.1) is 0 Å². The van der Waals surface area contributed by atoms with Crippen molar-refractivity contribution in [2.75, 3.05) is 21.3 Å². The SMILES string of the molecule is CCCCCCC(=O)NNC(=O)c1cc(OC)c(OC)c(OC)c1. The van der Waals surface area contributed by atoms with Crippen LogP contribution in [-0.2, 0) is 4.79 Å². The van der Waals surface area contributed by atoms with Crippen LogP contribution in [0.5, 0.6) is 17.2 Å². The molecule has 0 aliphatic heterocycles. The van der Waals surface area contributed by atoms with Gasteiger partial charge in [-0.3, -0.25) is 20.4 Å². The third-order valence-corrected chi connectivity index (χ3v) is 3.50. The zero-order valence-corrected chi connectivity index (χ0v) is 14.7. The molecule has 2 N–H and O–H groups in total. The third kappa shape index (κ3) is 5.64. The number of carbonyl (C=O) groups excluding carboxylic acids is 2. The maximum Gasteiger partial charge on any atom is 0.269 e. The molecular weight excluding hydrogens is 312 g/mol. The van der Waals surface area contributed by atoms with E-state index >= 15 is 0 Å². The molecule has 0 spiro atoms. The quantitative estimate of drug-likeness (QED) is 0.533. The molecule has 0 atom stereocenters. The van der Waals surface area contributed by atoms with Gasteiger partial charge in [0.2, 0.25) is 11.7 Å². The first-order valence-corrected chi connectivity index (χ1v) is 7.96. The van der Waals surface area contributed by atoms with Gasteiger partial charge in [-0.15, -0.1) is 0 Å². The number of hydrogen-bond donors (Lipinski definition) is 2. The van der Waals surface area contributed by atoms with E-state index in [-0.39, 0.29) is 11.5 Å². The van der Waals surface area contributed by atoms with E-state index in [1.54, 1.807) is 0 Å². The van der Waals surface area contributed by atoms with Gasteiger partial charge in [0.15, 0.2) is 11.5 Å². The second kappa shape index (κ2) is 10.4. The average molecular weight is 338 g/mol. The normalized spacial score (nSPS) is 10.0. The first-order valence-electron chi connectivity index (χ1n) is 7.96. The minimum Gasteiger partial charge on any atom is -0.493 e. The first-order chi connectivity index (χ1) is 11.6. The van der Waals surface area contributed by atoms with Gasteiger partial charge < -0.3 is 14.2 Å². The average Bonchev–Trinajstić information content (AvgIpc) is 2.61. The van der Waals surface area contributed by atoms with Crippen molar-refractivity contribution in [3.8, 4) is 17.2 Å². The molecule has 0 radical (unpaired) electrons. The van der Waals surface area contributed by atoms with Crippen LogP contribution in [0.4, 0.5) is 0 Å². The highest BCUT2D eigenvalue weighted by Gasteiger charge is 2.17. The number of methoxy groups -OCH3 is 3. The van der Waals surface area contributed by atoms with Crippen molar-refractivity contribution >= 4 is 11.8 Å². The minimum absolute atomic E-state index is 0.216. The molecule has 0 bridgehead atoms. The van der Waals surface area contributed by atoms with E-state index in [2.05, 4.69) is 17.8 Å². The molecule has 0 saturated carbocycles. The van der Waals surface area contributed by atoms with Crippen molar-refractivity contribution in [1.29, 1.82) is 0 Å². The number of unbranched alkanes of at least 4 members (excludes halogenated alkanes) is 3. The fourth-order valence-corrected chi connectivity index (χ4v) is 2.19. The first kappa shape index (κ1) is 19.6. The number of carbonyl (C=O) groups is 2. The Morgan fingerprint density at radius 2 is 1.54 bits per heavy atom. The van der Waals surface area contributed by atoms with Crippen LogP contribution in [0.1, 0.15) is 49.4 Å². The van der Waals surface area contributed by atoms with Crippen molar-refractivity contribution in [3.63, 3.8) is 0 Å². The van der Waals surface area contributed by atoms with E-state index in [0.717, 1.165) is 25.7 Å². The number of hydrogen-bond acceptors (Lipinski definition) is 5. The van der Waals surface area contributed by atoms with Crippen molar-refractivity contribution < 1.29 is 23.8 Å². The van der Waals surface area contributed by atoms with Gasteiger partial charge in [-0.25, -0.2) is 0 Å². The van der Waals surface area contributed by atoms with Crippen LogP contribution in [0.2, 0.25) is 0 Å². The van der Waals surface area contributed by atoms with Gasteiger partial charge in [0.05, 0.1) is 21.3 Å². The van der Waals surface area contributed by atoms with Crippen molar-refractivity contribution in [2.24, 2.45) is 0 Å². The summed E-state index contributed by atoms with van der Waals surface area (Å²) in [5.41, 5.74) is 5.09. The number of amides is 2. The lowest BCUT2D eigenvalue weighted by molar-refractivity contribution is -0.122. The van der Waals surface area contributed by atoms with Crippen LogP contribution in [0.15, 0.2) is 12.1 Å². The van der Waals surface area contributed by atoms with Gasteiger partial charge in [-0.05, 0) is 18.6 Å². The number of ether oxygens (including phenoxy) is 3. The Balaban J connectivity index is 2.66. The largest absolute Gasteiger partial charge is 0.493 e. The van der Waals surface area contributed by atoms with E-state index in [0.29, 0.717) is 23.7 Å². The second-order valence-corrected chi connectivity index (χ2v) is 5.23. The van der Waals surface area contributed by atoms with Crippen molar-refractivity contribution in [3.05, 3.63) is 17.7 Å². The van der Waals surface area contributed by atoms with E-state index in [1.165, 1.54) is 33.5 Å². The monoisotopic (exact) mass is 338 g/mol. The van der Waals surface area contributed by atoms with Crippen LogP contribution >= 0.6 is 0 Å². The lowest BCUT2D eigenvalue weighted by Gasteiger charge is -2.14. The molecule has 1 aromatic rings. The molecule has 24 heavy (non-hydrogen) atoms. The van der Waals surface area contributed by atoms with Gasteiger partial charge in [-0.2, -0.15) is 0 Å². The summed E-state index contributed by atoms with van der Waals surface area (Å²) in [6.45, 7) is 2.11. The minimum atomic E-state index is -0.462. The van der Waals surface area contributed by atoms with Gasteiger partial charge in [-0.1, -0.05) is 26.2 Å². The summed E-state index contributed by atoms with van der Waals surface area (Å²) < 4.78 is 15.6. The fraction of sp³-hybridized carbons (Fsp3) is 0.529. The lowest BCUT2D eigenvalue weighted by Crippen LogP contribution is -2.41. The smallest absolute Gasteiger partial charge is 0.269 e. The molecule has 0 aliphatic rings. The van der Waals surface area contributed by atoms with Crippen LogP contribution in [0.25, 0.3) is 0 Å². The van der Waals surface area contributed by atoms with Crippen LogP contribution in [-0.4, -0.2) is 33.1 Å². The summed E-state index contributed by atoms with van der Waals surface area (Å²) in [6.07, 6.45) is 4.41. The second-order valence-electron chi connectivity index (χ2n) is 5.23. The Kier molecular flexibility index (Phi) is 8.46. The van der Waals surface area contributed by atoms with Gasteiger partial charge in [0, 0.05) is 12.0 Å². The molecule has 1 rings (SSSR count). The van der Waals surface area contributed by atoms with Gasteiger partial charge in [0.1, 0.15) is 0 Å². The molecule has 7 nitrogen and oxygen atoms in total. The van der Waals surface area contributed by atoms with E-state index < -0.39 is 5.91 Å². The van der Waals surface area contributed by atoms with Crippen molar-refractivity contribution in [1.82, 2.24) is 10.9 Å². The number of nitrogens with one attached hydrogen (secondary N) is 2. The summed E-state index contributed by atoms with van der Waals surface area (Å²) in [6, 6.07) is 3.04. The summed E-state index contributed by atoms with van der Waals surface area (Å²) in [5, 5.41) is 0. The summed E-state index contributed by atoms with van der Waals surface area (Å²) in [5.74, 6) is 0.459. The Labute approximate surface area is 142 Å². The number of hydrazine groups is 1. The van der Waals surface area contributed by atoms with Crippen molar-refractivity contribution in [2.45, 2.75) is 39.0 Å². The lowest BCUT2D eigenvalue weighted by atomic mass is 10.1. The maximum absolute atomic E-state index is 12.2. The Bertz CT molecular complexity index is 535. The molecule has 0 unspecified atom stereocenters. The molecule has 0 heterocycles. The molecule has 134 valence electrons. The molecule has 0 aliphatic carbocycles. The fourth-order valence-electron chi connectivity index (χ4n) is 2.19. The zero-order valence-electron chi connectivity index (χ0n) is 14.7. The van der Waals surface area contributed by atoms with E-state index in [4.69, 9.17) is 14.2 Å². The van der Waals surface area contributed by atoms with Crippen LogP contribution in [0.3, 0.4) is 0 Å². The molecule has 7 heteroatoms. The van der Waals surface area contributed by atoms with Gasteiger partial charge in [0.25, 0.3) is 5.91 Å². The molecular formula is C17H26N2O5. The molecule has 1 aromatic carbocycles. The predicted octanol–water partition coefficient (Wildman–Crippen LogP) is 2.44. The molecule has 0 fully saturated rings. The van der Waals surface area contributed by atoms with E-state index in [9.17, 15) is 9.59 Å². The Hall–Kier alpha value is -2.44. The van der Waals surface area contributed by atoms with E-state index in [1.807, 2.05) is 0 Å². The standard InChI is InChI=1S/C17H26N2O5/c1-5-6-7-8-9-15(20)18-19-17(21)12-10-13(22-2)16(24-4)14(11-12)23-3/h10-11H,5-9H2,1-4H3,(H,18,20)(H,19,21). The van der Waals surface area contributed by atoms with Gasteiger partial charge >= 0.3 is 0 Å². The molecule has 0 saturated heterocycles. The summed E-state index contributed by atoms with van der Waals surface area (Å²) in [4.78, 5) is 23.9.